The molecule has 1 aliphatic heterocycles. The SMILES string of the molecule is CC1(C)CC(Nc2ccc[nH]2)CN1. The van der Waals surface area contributed by atoms with E-state index in [4.69, 9.17) is 0 Å². The number of anilines is 1. The van der Waals surface area contributed by atoms with E-state index in [9.17, 15) is 0 Å². The molecule has 0 aromatic carbocycles. The Labute approximate surface area is 78.9 Å². The first-order valence-corrected chi connectivity index (χ1v) is 4.81. The van der Waals surface area contributed by atoms with Crippen LogP contribution in [-0.4, -0.2) is 23.1 Å². The highest BCUT2D eigenvalue weighted by molar-refractivity contribution is 5.36. The first kappa shape index (κ1) is 8.63. The van der Waals surface area contributed by atoms with Gasteiger partial charge in [-0.3, -0.25) is 0 Å². The van der Waals surface area contributed by atoms with Crippen molar-refractivity contribution in [3.8, 4) is 0 Å². The van der Waals surface area contributed by atoms with Crippen molar-refractivity contribution in [2.45, 2.75) is 31.8 Å². The minimum Gasteiger partial charge on any atom is -0.368 e. The fraction of sp³-hybridized carbons (Fsp3) is 0.600. The molecular weight excluding hydrogens is 162 g/mol. The molecule has 1 atom stereocenters. The molecule has 1 aliphatic rings. The van der Waals surface area contributed by atoms with Crippen molar-refractivity contribution < 1.29 is 0 Å². The van der Waals surface area contributed by atoms with Crippen LogP contribution in [0.4, 0.5) is 5.82 Å². The summed E-state index contributed by atoms with van der Waals surface area (Å²) < 4.78 is 0. The maximum Gasteiger partial charge on any atom is 0.103 e. The van der Waals surface area contributed by atoms with E-state index >= 15 is 0 Å². The number of hydrogen-bond acceptors (Lipinski definition) is 2. The number of nitrogens with one attached hydrogen (secondary N) is 3. The van der Waals surface area contributed by atoms with E-state index in [-0.39, 0.29) is 5.54 Å². The number of aromatic amines is 1. The maximum absolute atomic E-state index is 3.48. The van der Waals surface area contributed by atoms with Crippen molar-refractivity contribution in [3.05, 3.63) is 18.3 Å². The molecular formula is C10H17N3. The molecule has 0 bridgehead atoms. The highest BCUT2D eigenvalue weighted by Gasteiger charge is 2.29. The molecule has 1 saturated heterocycles. The van der Waals surface area contributed by atoms with Crippen LogP contribution in [0.3, 0.4) is 0 Å². The summed E-state index contributed by atoms with van der Waals surface area (Å²) >= 11 is 0. The molecule has 72 valence electrons. The molecule has 2 heterocycles. The van der Waals surface area contributed by atoms with Crippen LogP contribution in [0.1, 0.15) is 20.3 Å². The van der Waals surface area contributed by atoms with Crippen molar-refractivity contribution in [1.82, 2.24) is 10.3 Å². The summed E-state index contributed by atoms with van der Waals surface area (Å²) in [6.07, 6.45) is 3.11. The third-order valence-corrected chi connectivity index (χ3v) is 2.54. The van der Waals surface area contributed by atoms with Crippen molar-refractivity contribution in [2.75, 3.05) is 11.9 Å². The third-order valence-electron chi connectivity index (χ3n) is 2.54. The summed E-state index contributed by atoms with van der Waals surface area (Å²) in [7, 11) is 0. The van der Waals surface area contributed by atoms with E-state index in [0.717, 1.165) is 12.4 Å². The second-order valence-corrected chi connectivity index (χ2v) is 4.39. The van der Waals surface area contributed by atoms with Gasteiger partial charge < -0.3 is 15.6 Å². The topological polar surface area (TPSA) is 39.9 Å². The molecule has 0 saturated carbocycles. The molecule has 13 heavy (non-hydrogen) atoms. The highest BCUT2D eigenvalue weighted by Crippen LogP contribution is 2.20. The summed E-state index contributed by atoms with van der Waals surface area (Å²) in [6.45, 7) is 5.53. The Balaban J connectivity index is 1.91. The molecule has 0 amide bonds. The zero-order valence-corrected chi connectivity index (χ0v) is 8.22. The lowest BCUT2D eigenvalue weighted by Gasteiger charge is -2.17. The molecule has 3 N–H and O–H groups in total. The van der Waals surface area contributed by atoms with Gasteiger partial charge in [0, 0.05) is 24.3 Å². The lowest BCUT2D eigenvalue weighted by Crippen LogP contribution is -2.31. The van der Waals surface area contributed by atoms with Crippen LogP contribution in [0, 0.1) is 0 Å². The molecule has 3 nitrogen and oxygen atoms in total. The van der Waals surface area contributed by atoms with Crippen LogP contribution in [0.5, 0.6) is 0 Å². The van der Waals surface area contributed by atoms with Gasteiger partial charge in [0.2, 0.25) is 0 Å². The van der Waals surface area contributed by atoms with Crippen molar-refractivity contribution in [2.24, 2.45) is 0 Å². The van der Waals surface area contributed by atoms with E-state index in [1.165, 1.54) is 6.42 Å². The first-order valence-electron chi connectivity index (χ1n) is 4.81. The van der Waals surface area contributed by atoms with Crippen LogP contribution in [-0.2, 0) is 0 Å². The molecule has 1 aromatic rings. The second kappa shape index (κ2) is 3.07. The molecule has 0 radical (unpaired) electrons. The predicted molar refractivity (Wildman–Crippen MR) is 54.9 cm³/mol. The summed E-state index contributed by atoms with van der Waals surface area (Å²) in [5.74, 6) is 1.12. The van der Waals surface area contributed by atoms with Gasteiger partial charge in [0.1, 0.15) is 5.82 Å². The lowest BCUT2D eigenvalue weighted by atomic mass is 10.0. The monoisotopic (exact) mass is 179 g/mol. The number of hydrogen-bond donors (Lipinski definition) is 3. The zero-order chi connectivity index (χ0) is 9.31. The largest absolute Gasteiger partial charge is 0.368 e. The lowest BCUT2D eigenvalue weighted by molar-refractivity contribution is 0.457. The normalized spacial score (nSPS) is 26.2. The minimum atomic E-state index is 0.282. The Morgan fingerprint density at radius 3 is 2.92 bits per heavy atom. The summed E-state index contributed by atoms with van der Waals surface area (Å²) in [4.78, 5) is 3.15. The summed E-state index contributed by atoms with van der Waals surface area (Å²) in [5.41, 5.74) is 0.282. The summed E-state index contributed by atoms with van der Waals surface area (Å²) in [5, 5.41) is 6.94. The molecule has 0 spiro atoms. The van der Waals surface area contributed by atoms with E-state index < -0.39 is 0 Å². The predicted octanol–water partition coefficient (Wildman–Crippen LogP) is 1.57. The Hall–Kier alpha value is -0.960. The Morgan fingerprint density at radius 1 is 1.54 bits per heavy atom. The number of rotatable bonds is 2. The van der Waals surface area contributed by atoms with Gasteiger partial charge in [-0.25, -0.2) is 0 Å². The molecule has 3 heteroatoms. The van der Waals surface area contributed by atoms with Gasteiger partial charge in [-0.05, 0) is 32.4 Å². The Kier molecular flexibility index (Phi) is 2.04. The van der Waals surface area contributed by atoms with E-state index in [1.807, 2.05) is 12.3 Å². The van der Waals surface area contributed by atoms with E-state index in [2.05, 4.69) is 35.5 Å². The standard InChI is InChI=1S/C10H17N3/c1-10(2)6-8(7-12-10)13-9-4-3-5-11-9/h3-5,8,11-13H,6-7H2,1-2H3. The van der Waals surface area contributed by atoms with Crippen LogP contribution >= 0.6 is 0 Å². The van der Waals surface area contributed by atoms with Crippen LogP contribution in [0.25, 0.3) is 0 Å². The molecule has 1 unspecified atom stereocenters. The van der Waals surface area contributed by atoms with Crippen molar-refractivity contribution >= 4 is 5.82 Å². The smallest absolute Gasteiger partial charge is 0.103 e. The summed E-state index contributed by atoms with van der Waals surface area (Å²) in [6, 6.07) is 4.62. The maximum atomic E-state index is 3.48. The van der Waals surface area contributed by atoms with Gasteiger partial charge in [-0.1, -0.05) is 0 Å². The molecule has 2 rings (SSSR count). The first-order chi connectivity index (χ1) is 6.16. The van der Waals surface area contributed by atoms with Gasteiger partial charge in [0.15, 0.2) is 0 Å². The number of aromatic nitrogens is 1. The van der Waals surface area contributed by atoms with E-state index in [0.29, 0.717) is 6.04 Å². The van der Waals surface area contributed by atoms with Gasteiger partial charge in [0.05, 0.1) is 0 Å². The third kappa shape index (κ3) is 2.04. The van der Waals surface area contributed by atoms with E-state index in [1.54, 1.807) is 0 Å². The number of H-pyrrole nitrogens is 1. The highest BCUT2D eigenvalue weighted by atomic mass is 15.1. The van der Waals surface area contributed by atoms with Crippen molar-refractivity contribution in [1.29, 1.82) is 0 Å². The Bertz CT molecular complexity index is 264. The average molecular weight is 179 g/mol. The van der Waals surface area contributed by atoms with Gasteiger partial charge in [0.25, 0.3) is 0 Å². The van der Waals surface area contributed by atoms with Crippen LogP contribution < -0.4 is 10.6 Å². The molecule has 1 fully saturated rings. The van der Waals surface area contributed by atoms with Crippen LogP contribution in [0.2, 0.25) is 0 Å². The van der Waals surface area contributed by atoms with Gasteiger partial charge >= 0.3 is 0 Å². The van der Waals surface area contributed by atoms with Gasteiger partial charge in [-0.2, -0.15) is 0 Å². The zero-order valence-electron chi connectivity index (χ0n) is 8.22. The fourth-order valence-electron chi connectivity index (χ4n) is 1.90. The fourth-order valence-corrected chi connectivity index (χ4v) is 1.90. The molecule has 1 aromatic heterocycles. The quantitative estimate of drug-likeness (QED) is 0.645. The Morgan fingerprint density at radius 2 is 2.38 bits per heavy atom. The van der Waals surface area contributed by atoms with Crippen molar-refractivity contribution in [3.63, 3.8) is 0 Å². The average Bonchev–Trinajstić information content (AvgIpc) is 2.61. The second-order valence-electron chi connectivity index (χ2n) is 4.39. The minimum absolute atomic E-state index is 0.282. The molecule has 0 aliphatic carbocycles. The van der Waals surface area contributed by atoms with Gasteiger partial charge in [-0.15, -0.1) is 0 Å². The van der Waals surface area contributed by atoms with Crippen LogP contribution in [0.15, 0.2) is 18.3 Å².